The number of hydrogen-bond acceptors (Lipinski definition) is 2. The van der Waals surface area contributed by atoms with Gasteiger partial charge in [-0.25, -0.2) is 4.98 Å². The Hall–Kier alpha value is -1.35. The van der Waals surface area contributed by atoms with Gasteiger partial charge in [0.15, 0.2) is 0 Å². The van der Waals surface area contributed by atoms with Gasteiger partial charge in [0, 0.05) is 6.04 Å². The topological polar surface area (TPSA) is 29.9 Å². The Morgan fingerprint density at radius 3 is 2.84 bits per heavy atom. The molecule has 19 heavy (non-hydrogen) atoms. The lowest BCUT2D eigenvalue weighted by atomic mass is 9.83. The van der Waals surface area contributed by atoms with Crippen molar-refractivity contribution in [2.75, 3.05) is 7.05 Å². The summed E-state index contributed by atoms with van der Waals surface area (Å²) in [7, 11) is 2.09. The van der Waals surface area contributed by atoms with Crippen LogP contribution in [-0.2, 0) is 0 Å². The number of para-hydroxylation sites is 2. The number of likely N-dealkylation sites (N-methyl/N-ethyl adjacent to an activating group) is 1. The number of nitrogens with one attached hydrogen (secondary N) is 1. The molecule has 3 rings (SSSR count). The van der Waals surface area contributed by atoms with Crippen LogP contribution in [0.3, 0.4) is 0 Å². The Bertz CT molecular complexity index is 572. The van der Waals surface area contributed by atoms with E-state index >= 15 is 0 Å². The van der Waals surface area contributed by atoms with Crippen molar-refractivity contribution >= 4 is 11.0 Å². The minimum atomic E-state index is 0.529. The average molecular weight is 257 g/mol. The van der Waals surface area contributed by atoms with Gasteiger partial charge >= 0.3 is 0 Å². The van der Waals surface area contributed by atoms with Crippen molar-refractivity contribution in [1.82, 2.24) is 14.9 Å². The fraction of sp³-hybridized carbons (Fsp3) is 0.562. The Morgan fingerprint density at radius 1 is 1.26 bits per heavy atom. The van der Waals surface area contributed by atoms with E-state index in [1.807, 2.05) is 0 Å². The highest BCUT2D eigenvalue weighted by Gasteiger charge is 2.30. The Balaban J connectivity index is 2.08. The van der Waals surface area contributed by atoms with Gasteiger partial charge in [0.05, 0.1) is 17.1 Å². The predicted molar refractivity (Wildman–Crippen MR) is 79.4 cm³/mol. The van der Waals surface area contributed by atoms with Gasteiger partial charge in [-0.15, -0.1) is 0 Å². The maximum atomic E-state index is 4.72. The molecule has 0 radical (unpaired) electrons. The molecule has 1 N–H and O–H groups in total. The molecule has 102 valence electrons. The van der Waals surface area contributed by atoms with Gasteiger partial charge in [0.2, 0.25) is 0 Å². The molecule has 0 saturated heterocycles. The standard InChI is InChI=1S/C16H23N3/c1-11-8-9-13(17-3)16(10-11)19-12(2)18-14-6-4-5-7-15(14)19/h4-7,11,13,16-17H,8-10H2,1-3H3. The molecule has 0 spiro atoms. The van der Waals surface area contributed by atoms with E-state index < -0.39 is 0 Å². The fourth-order valence-electron chi connectivity index (χ4n) is 3.56. The van der Waals surface area contributed by atoms with Crippen molar-refractivity contribution in [3.8, 4) is 0 Å². The summed E-state index contributed by atoms with van der Waals surface area (Å²) < 4.78 is 2.45. The maximum Gasteiger partial charge on any atom is 0.107 e. The monoisotopic (exact) mass is 257 g/mol. The van der Waals surface area contributed by atoms with Crippen LogP contribution in [0.5, 0.6) is 0 Å². The van der Waals surface area contributed by atoms with Crippen LogP contribution in [0, 0.1) is 12.8 Å². The Morgan fingerprint density at radius 2 is 2.05 bits per heavy atom. The van der Waals surface area contributed by atoms with Crippen LogP contribution in [0.15, 0.2) is 24.3 Å². The van der Waals surface area contributed by atoms with E-state index in [1.165, 1.54) is 24.8 Å². The lowest BCUT2D eigenvalue weighted by Gasteiger charge is -2.36. The Labute approximate surface area is 115 Å². The molecule has 3 unspecified atom stereocenters. The summed E-state index contributed by atoms with van der Waals surface area (Å²) in [6.07, 6.45) is 3.83. The molecule has 3 nitrogen and oxygen atoms in total. The van der Waals surface area contributed by atoms with Gasteiger partial charge in [-0.05, 0) is 51.3 Å². The number of aromatic nitrogens is 2. The van der Waals surface area contributed by atoms with Crippen molar-refractivity contribution in [1.29, 1.82) is 0 Å². The van der Waals surface area contributed by atoms with Gasteiger partial charge in [0.1, 0.15) is 5.82 Å². The number of imidazole rings is 1. The number of benzene rings is 1. The first-order chi connectivity index (χ1) is 9.20. The molecule has 1 heterocycles. The molecule has 1 aromatic heterocycles. The van der Waals surface area contributed by atoms with Gasteiger partial charge < -0.3 is 9.88 Å². The molecule has 0 amide bonds. The zero-order valence-corrected chi connectivity index (χ0v) is 12.1. The van der Waals surface area contributed by atoms with E-state index in [2.05, 4.69) is 55.0 Å². The average Bonchev–Trinajstić information content (AvgIpc) is 2.74. The minimum Gasteiger partial charge on any atom is -0.324 e. The molecule has 0 aliphatic heterocycles. The lowest BCUT2D eigenvalue weighted by molar-refractivity contribution is 0.225. The van der Waals surface area contributed by atoms with E-state index in [1.54, 1.807) is 0 Å². The highest BCUT2D eigenvalue weighted by atomic mass is 15.1. The lowest BCUT2D eigenvalue weighted by Crippen LogP contribution is -2.40. The molecule has 3 atom stereocenters. The normalized spacial score (nSPS) is 27.8. The first-order valence-corrected chi connectivity index (χ1v) is 7.31. The van der Waals surface area contributed by atoms with Crippen LogP contribution in [0.25, 0.3) is 11.0 Å². The maximum absolute atomic E-state index is 4.72. The summed E-state index contributed by atoms with van der Waals surface area (Å²) in [5.74, 6) is 1.94. The van der Waals surface area contributed by atoms with E-state index in [4.69, 9.17) is 4.98 Å². The number of hydrogen-bond donors (Lipinski definition) is 1. The SMILES string of the molecule is CNC1CCC(C)CC1n1c(C)nc2ccccc21. The van der Waals surface area contributed by atoms with Crippen molar-refractivity contribution < 1.29 is 0 Å². The molecule has 0 bridgehead atoms. The smallest absolute Gasteiger partial charge is 0.107 e. The summed E-state index contributed by atoms with van der Waals surface area (Å²) in [6, 6.07) is 9.58. The van der Waals surface area contributed by atoms with E-state index in [0.717, 1.165) is 17.3 Å². The van der Waals surface area contributed by atoms with Crippen LogP contribution in [0.2, 0.25) is 0 Å². The quantitative estimate of drug-likeness (QED) is 0.894. The zero-order chi connectivity index (χ0) is 13.4. The van der Waals surface area contributed by atoms with E-state index in [-0.39, 0.29) is 0 Å². The number of nitrogens with zero attached hydrogens (tertiary/aromatic N) is 2. The van der Waals surface area contributed by atoms with Crippen LogP contribution in [-0.4, -0.2) is 22.6 Å². The second kappa shape index (κ2) is 4.97. The molecular weight excluding hydrogens is 234 g/mol. The van der Waals surface area contributed by atoms with Gasteiger partial charge in [-0.3, -0.25) is 0 Å². The molecule has 3 heteroatoms. The number of aryl methyl sites for hydroxylation is 1. The van der Waals surface area contributed by atoms with Crippen LogP contribution in [0.4, 0.5) is 0 Å². The Kier molecular flexibility index (Phi) is 3.31. The summed E-state index contributed by atoms with van der Waals surface area (Å²) in [4.78, 5) is 4.72. The third kappa shape index (κ3) is 2.16. The molecule has 1 aliphatic carbocycles. The summed E-state index contributed by atoms with van der Waals surface area (Å²) in [6.45, 7) is 4.50. The van der Waals surface area contributed by atoms with Gasteiger partial charge in [0.25, 0.3) is 0 Å². The van der Waals surface area contributed by atoms with Crippen LogP contribution >= 0.6 is 0 Å². The van der Waals surface area contributed by atoms with Crippen molar-refractivity contribution in [3.63, 3.8) is 0 Å². The molecule has 1 fully saturated rings. The van der Waals surface area contributed by atoms with E-state index in [0.29, 0.717) is 12.1 Å². The third-order valence-corrected chi connectivity index (χ3v) is 4.55. The predicted octanol–water partition coefficient (Wildman–Crippen LogP) is 3.29. The number of fused-ring (bicyclic) bond motifs is 1. The van der Waals surface area contributed by atoms with Crippen molar-refractivity contribution in [2.45, 2.75) is 45.2 Å². The highest BCUT2D eigenvalue weighted by Crippen LogP contribution is 2.35. The number of rotatable bonds is 2. The first kappa shape index (κ1) is 12.7. The highest BCUT2D eigenvalue weighted by molar-refractivity contribution is 5.76. The first-order valence-electron chi connectivity index (χ1n) is 7.31. The molecule has 1 saturated carbocycles. The molecular formula is C16H23N3. The van der Waals surface area contributed by atoms with Crippen LogP contribution in [0.1, 0.15) is 38.1 Å². The fourth-order valence-corrected chi connectivity index (χ4v) is 3.56. The zero-order valence-electron chi connectivity index (χ0n) is 12.1. The molecule has 1 aromatic carbocycles. The third-order valence-electron chi connectivity index (χ3n) is 4.55. The molecule has 1 aliphatic rings. The van der Waals surface area contributed by atoms with Crippen molar-refractivity contribution in [2.24, 2.45) is 5.92 Å². The van der Waals surface area contributed by atoms with Crippen molar-refractivity contribution in [3.05, 3.63) is 30.1 Å². The second-order valence-electron chi connectivity index (χ2n) is 5.90. The summed E-state index contributed by atoms with van der Waals surface area (Å²) in [5.41, 5.74) is 2.40. The summed E-state index contributed by atoms with van der Waals surface area (Å²) in [5, 5.41) is 3.51. The summed E-state index contributed by atoms with van der Waals surface area (Å²) >= 11 is 0. The minimum absolute atomic E-state index is 0.529. The van der Waals surface area contributed by atoms with Crippen LogP contribution < -0.4 is 5.32 Å². The van der Waals surface area contributed by atoms with E-state index in [9.17, 15) is 0 Å². The second-order valence-corrected chi connectivity index (χ2v) is 5.90. The largest absolute Gasteiger partial charge is 0.324 e. The molecule has 2 aromatic rings. The van der Waals surface area contributed by atoms with Gasteiger partial charge in [-0.2, -0.15) is 0 Å². The van der Waals surface area contributed by atoms with Gasteiger partial charge in [-0.1, -0.05) is 19.1 Å².